The average molecular weight is 337 g/mol. The first-order valence-electron chi connectivity index (χ1n) is 6.74. The highest BCUT2D eigenvalue weighted by atomic mass is 35.5. The molecule has 2 rings (SSSR count). The molecule has 0 aromatic heterocycles. The van der Waals surface area contributed by atoms with E-state index in [0.29, 0.717) is 10.8 Å². The van der Waals surface area contributed by atoms with Crippen LogP contribution in [0, 0.1) is 13.8 Å². The van der Waals surface area contributed by atoms with E-state index in [1.807, 2.05) is 26.0 Å². The first-order chi connectivity index (χ1) is 10.5. The molecule has 0 aliphatic carbocycles. The van der Waals surface area contributed by atoms with Crippen molar-refractivity contribution in [1.29, 1.82) is 0 Å². The molecule has 0 aliphatic heterocycles. The van der Waals surface area contributed by atoms with Gasteiger partial charge in [0.05, 0.1) is 17.7 Å². The Balaban J connectivity index is 2.19. The Hall–Kier alpha value is -1.78. The second-order valence-electron chi connectivity index (χ2n) is 4.83. The fraction of sp³-hybridized carbons (Fsp3) is 0.235. The van der Waals surface area contributed by atoms with E-state index in [1.165, 1.54) is 12.7 Å². The summed E-state index contributed by atoms with van der Waals surface area (Å²) in [6.45, 7) is 4.33. The average Bonchev–Trinajstić information content (AvgIpc) is 2.48. The van der Waals surface area contributed by atoms with Crippen LogP contribution in [0.15, 0.2) is 36.4 Å². The van der Waals surface area contributed by atoms with E-state index < -0.39 is 0 Å². The van der Waals surface area contributed by atoms with Crippen LogP contribution in [-0.2, 0) is 11.3 Å². The number of halogens is 1. The Bertz CT molecular complexity index is 686. The molecule has 0 saturated heterocycles. The number of thiocarbonyl (C=S) groups is 1. The molecule has 5 heteroatoms. The Morgan fingerprint density at radius 3 is 2.59 bits per heavy atom. The third-order valence-corrected chi connectivity index (χ3v) is 3.74. The Morgan fingerprint density at radius 1 is 1.14 bits per heavy atom. The Morgan fingerprint density at radius 2 is 1.91 bits per heavy atom. The summed E-state index contributed by atoms with van der Waals surface area (Å²) < 4.78 is 16.2. The smallest absolute Gasteiger partial charge is 0.357 e. The molecule has 0 unspecified atom stereocenters. The van der Waals surface area contributed by atoms with Crippen molar-refractivity contribution in [2.45, 2.75) is 20.5 Å². The van der Waals surface area contributed by atoms with Crippen molar-refractivity contribution in [3.63, 3.8) is 0 Å². The molecule has 0 bridgehead atoms. The summed E-state index contributed by atoms with van der Waals surface area (Å²) in [5.41, 5.74) is 2.99. The van der Waals surface area contributed by atoms with E-state index in [9.17, 15) is 0 Å². The first kappa shape index (κ1) is 16.6. The van der Waals surface area contributed by atoms with Gasteiger partial charge in [-0.3, -0.25) is 0 Å². The van der Waals surface area contributed by atoms with Crippen LogP contribution < -0.4 is 9.47 Å². The SMILES string of the molecule is COC(=S)Oc1cccc(Cl)c1COc1ccc(C)cc1C. The molecule has 0 spiro atoms. The minimum Gasteiger partial charge on any atom is -0.488 e. The van der Waals surface area contributed by atoms with E-state index in [0.717, 1.165) is 16.9 Å². The molecule has 0 fully saturated rings. The quantitative estimate of drug-likeness (QED) is 0.746. The van der Waals surface area contributed by atoms with Crippen molar-refractivity contribution in [3.05, 3.63) is 58.1 Å². The monoisotopic (exact) mass is 336 g/mol. The zero-order valence-corrected chi connectivity index (χ0v) is 14.3. The van der Waals surface area contributed by atoms with Gasteiger partial charge in [0.25, 0.3) is 0 Å². The first-order valence-corrected chi connectivity index (χ1v) is 7.53. The van der Waals surface area contributed by atoms with Crippen LogP contribution in [0.5, 0.6) is 11.5 Å². The maximum absolute atomic E-state index is 6.24. The van der Waals surface area contributed by atoms with Crippen molar-refractivity contribution in [2.24, 2.45) is 0 Å². The molecule has 3 nitrogen and oxygen atoms in total. The maximum atomic E-state index is 6.24. The highest BCUT2D eigenvalue weighted by Crippen LogP contribution is 2.29. The second-order valence-corrected chi connectivity index (χ2v) is 5.57. The van der Waals surface area contributed by atoms with Crippen molar-refractivity contribution in [1.82, 2.24) is 0 Å². The summed E-state index contributed by atoms with van der Waals surface area (Å²) in [6, 6.07) is 11.4. The standard InChI is InChI=1S/C17H17ClO3S/c1-11-7-8-15(12(2)9-11)20-10-13-14(18)5-4-6-16(13)21-17(22)19-3/h4-9H,10H2,1-3H3. The Kier molecular flexibility index (Phi) is 5.63. The Labute approximate surface area is 140 Å². The van der Waals surface area contributed by atoms with Gasteiger partial charge in [-0.2, -0.15) is 0 Å². The molecule has 0 radical (unpaired) electrons. The van der Waals surface area contributed by atoms with Gasteiger partial charge in [0, 0.05) is 12.2 Å². The van der Waals surface area contributed by atoms with Gasteiger partial charge in [-0.05, 0) is 37.6 Å². The second kappa shape index (κ2) is 7.47. The summed E-state index contributed by atoms with van der Waals surface area (Å²) in [7, 11) is 1.46. The van der Waals surface area contributed by atoms with Crippen LogP contribution in [0.1, 0.15) is 16.7 Å². The number of rotatable bonds is 4. The number of aryl methyl sites for hydroxylation is 2. The highest BCUT2D eigenvalue weighted by molar-refractivity contribution is 7.79. The molecule has 22 heavy (non-hydrogen) atoms. The summed E-state index contributed by atoms with van der Waals surface area (Å²) in [5.74, 6) is 1.34. The maximum Gasteiger partial charge on any atom is 0.357 e. The zero-order valence-electron chi connectivity index (χ0n) is 12.7. The van der Waals surface area contributed by atoms with Gasteiger partial charge >= 0.3 is 5.24 Å². The van der Waals surface area contributed by atoms with Gasteiger partial charge in [-0.1, -0.05) is 35.4 Å². The van der Waals surface area contributed by atoms with Gasteiger partial charge in [-0.15, -0.1) is 0 Å². The lowest BCUT2D eigenvalue weighted by Gasteiger charge is -2.14. The van der Waals surface area contributed by atoms with E-state index in [4.69, 9.17) is 38.0 Å². The van der Waals surface area contributed by atoms with Crippen LogP contribution in [0.2, 0.25) is 5.02 Å². The van der Waals surface area contributed by atoms with Crippen molar-refractivity contribution >= 4 is 29.1 Å². The van der Waals surface area contributed by atoms with E-state index in [1.54, 1.807) is 18.2 Å². The molecule has 2 aromatic rings. The molecular weight excluding hydrogens is 320 g/mol. The number of ether oxygens (including phenoxy) is 3. The third-order valence-electron chi connectivity index (χ3n) is 3.14. The lowest BCUT2D eigenvalue weighted by atomic mass is 10.1. The minimum atomic E-state index is 0.0371. The summed E-state index contributed by atoms with van der Waals surface area (Å²) >= 11 is 11.2. The summed E-state index contributed by atoms with van der Waals surface area (Å²) in [6.07, 6.45) is 0. The van der Waals surface area contributed by atoms with Crippen LogP contribution in [0.3, 0.4) is 0 Å². The van der Waals surface area contributed by atoms with Crippen molar-refractivity contribution in [3.8, 4) is 11.5 Å². The number of hydrogen-bond donors (Lipinski definition) is 0. The lowest BCUT2D eigenvalue weighted by molar-refractivity contribution is 0.288. The van der Waals surface area contributed by atoms with E-state index in [-0.39, 0.29) is 11.8 Å². The third kappa shape index (κ3) is 4.12. The predicted octanol–water partition coefficient (Wildman–Crippen LogP) is 4.85. The fourth-order valence-electron chi connectivity index (χ4n) is 2.02. The minimum absolute atomic E-state index is 0.0371. The van der Waals surface area contributed by atoms with Gasteiger partial charge in [0.2, 0.25) is 0 Å². The lowest BCUT2D eigenvalue weighted by Crippen LogP contribution is -2.10. The summed E-state index contributed by atoms with van der Waals surface area (Å²) in [4.78, 5) is 0. The molecular formula is C17H17ClO3S. The van der Waals surface area contributed by atoms with Gasteiger partial charge in [0.15, 0.2) is 0 Å². The van der Waals surface area contributed by atoms with E-state index in [2.05, 4.69) is 6.07 Å². The predicted molar refractivity (Wildman–Crippen MR) is 91.9 cm³/mol. The highest BCUT2D eigenvalue weighted by Gasteiger charge is 2.12. The molecule has 116 valence electrons. The molecule has 0 atom stereocenters. The normalized spacial score (nSPS) is 10.2. The molecule has 0 saturated carbocycles. The molecule has 0 aliphatic rings. The van der Waals surface area contributed by atoms with Gasteiger partial charge < -0.3 is 14.2 Å². The van der Waals surface area contributed by atoms with Gasteiger partial charge in [0.1, 0.15) is 18.1 Å². The van der Waals surface area contributed by atoms with Crippen molar-refractivity contribution < 1.29 is 14.2 Å². The summed E-state index contributed by atoms with van der Waals surface area (Å²) in [5, 5.41) is 0.594. The van der Waals surface area contributed by atoms with Crippen molar-refractivity contribution in [2.75, 3.05) is 7.11 Å². The van der Waals surface area contributed by atoms with Crippen LogP contribution in [-0.4, -0.2) is 12.3 Å². The van der Waals surface area contributed by atoms with Crippen LogP contribution >= 0.6 is 23.8 Å². The van der Waals surface area contributed by atoms with Crippen LogP contribution in [0.25, 0.3) is 0 Å². The number of benzene rings is 2. The largest absolute Gasteiger partial charge is 0.488 e. The number of methoxy groups -OCH3 is 1. The topological polar surface area (TPSA) is 27.7 Å². The molecule has 0 heterocycles. The molecule has 2 aromatic carbocycles. The number of hydrogen-bond acceptors (Lipinski definition) is 4. The van der Waals surface area contributed by atoms with Crippen LogP contribution in [0.4, 0.5) is 0 Å². The zero-order chi connectivity index (χ0) is 16.1. The van der Waals surface area contributed by atoms with Gasteiger partial charge in [-0.25, -0.2) is 0 Å². The van der Waals surface area contributed by atoms with E-state index >= 15 is 0 Å². The fourth-order valence-corrected chi connectivity index (χ4v) is 2.33. The molecule has 0 amide bonds. The molecule has 0 N–H and O–H groups in total.